The molecule has 4 N–H and O–H groups in total. The van der Waals surface area contributed by atoms with Crippen LogP contribution < -0.4 is 10.6 Å². The molecular weight excluding hydrogens is 434 g/mol. The summed E-state index contributed by atoms with van der Waals surface area (Å²) in [6.45, 7) is 5.11. The molecule has 4 heterocycles. The molecule has 0 radical (unpaired) electrons. The predicted octanol–water partition coefficient (Wildman–Crippen LogP) is -0.0633. The van der Waals surface area contributed by atoms with Gasteiger partial charge in [0.05, 0.1) is 30.4 Å². The molecule has 0 saturated carbocycles. The number of piperidine rings is 1. The summed E-state index contributed by atoms with van der Waals surface area (Å²) in [7, 11) is 0. The normalized spacial score (nSPS) is 19.7. The Balaban J connectivity index is 1.49. The molecule has 1 amide bonds. The summed E-state index contributed by atoms with van der Waals surface area (Å²) in [5.74, 6) is 1.33. The van der Waals surface area contributed by atoms with Crippen molar-refractivity contribution in [3.63, 3.8) is 0 Å². The van der Waals surface area contributed by atoms with E-state index in [1.807, 2.05) is 0 Å². The van der Waals surface area contributed by atoms with Crippen LogP contribution in [0, 0.1) is 5.92 Å². The third-order valence-electron chi connectivity index (χ3n) is 5.85. The van der Waals surface area contributed by atoms with Crippen molar-refractivity contribution in [1.29, 1.82) is 0 Å². The molecule has 0 spiro atoms. The molecule has 174 valence electrons. The van der Waals surface area contributed by atoms with E-state index < -0.39 is 12.2 Å². The van der Waals surface area contributed by atoms with E-state index in [2.05, 4.69) is 24.8 Å². The van der Waals surface area contributed by atoms with Gasteiger partial charge >= 0.3 is 0 Å². The highest BCUT2D eigenvalue weighted by Gasteiger charge is 2.30. The van der Waals surface area contributed by atoms with Gasteiger partial charge in [0.2, 0.25) is 5.95 Å². The summed E-state index contributed by atoms with van der Waals surface area (Å²) >= 11 is 1.31. The monoisotopic (exact) mass is 463 g/mol. The highest BCUT2D eigenvalue weighted by molar-refractivity contribution is 7.18. The number of aromatic nitrogens is 4. The van der Waals surface area contributed by atoms with Gasteiger partial charge in [0, 0.05) is 32.6 Å². The van der Waals surface area contributed by atoms with Crippen LogP contribution in [0.15, 0.2) is 6.20 Å². The number of hydrogen-bond acceptors (Lipinski definition) is 11. The van der Waals surface area contributed by atoms with Gasteiger partial charge in [0.25, 0.3) is 5.91 Å². The van der Waals surface area contributed by atoms with Gasteiger partial charge in [-0.3, -0.25) is 4.79 Å². The maximum Gasteiger partial charge on any atom is 0.251 e. The SMILES string of the molecule is C[C@@H](O)C(=O)N1CCC(C(O)Cc2nc(-c3cnc(N)s3)nc(N3CCOCC3)n2)CC1. The zero-order chi connectivity index (χ0) is 22.7. The van der Waals surface area contributed by atoms with Crippen LogP contribution in [-0.4, -0.2) is 92.6 Å². The van der Waals surface area contributed by atoms with Crippen molar-refractivity contribution < 1.29 is 19.7 Å². The number of morpholine rings is 1. The topological polar surface area (TPSA) is 151 Å². The van der Waals surface area contributed by atoms with Gasteiger partial charge in [-0.05, 0) is 25.7 Å². The number of ether oxygens (including phenoxy) is 1. The second-order valence-electron chi connectivity index (χ2n) is 8.15. The quantitative estimate of drug-likeness (QED) is 0.531. The highest BCUT2D eigenvalue weighted by atomic mass is 32.1. The van der Waals surface area contributed by atoms with Crippen LogP contribution in [0.1, 0.15) is 25.6 Å². The van der Waals surface area contributed by atoms with E-state index in [1.54, 1.807) is 11.1 Å². The van der Waals surface area contributed by atoms with E-state index in [9.17, 15) is 15.0 Å². The van der Waals surface area contributed by atoms with Crippen molar-refractivity contribution in [3.8, 4) is 10.7 Å². The number of carbonyl (C=O) groups is 1. The Labute approximate surface area is 190 Å². The fourth-order valence-corrected chi connectivity index (χ4v) is 4.65. The first-order valence-corrected chi connectivity index (χ1v) is 11.7. The molecule has 32 heavy (non-hydrogen) atoms. The second-order valence-corrected chi connectivity index (χ2v) is 9.21. The predicted molar refractivity (Wildman–Crippen MR) is 119 cm³/mol. The number of nitrogen functional groups attached to an aromatic ring is 1. The van der Waals surface area contributed by atoms with Crippen molar-refractivity contribution in [2.45, 2.75) is 38.4 Å². The van der Waals surface area contributed by atoms with E-state index in [1.165, 1.54) is 18.3 Å². The lowest BCUT2D eigenvalue weighted by molar-refractivity contribution is -0.141. The van der Waals surface area contributed by atoms with Crippen LogP contribution in [0.2, 0.25) is 0 Å². The molecule has 11 nitrogen and oxygen atoms in total. The first-order valence-electron chi connectivity index (χ1n) is 10.8. The lowest BCUT2D eigenvalue weighted by atomic mass is 9.89. The number of nitrogens with zero attached hydrogens (tertiary/aromatic N) is 6. The van der Waals surface area contributed by atoms with Crippen molar-refractivity contribution in [1.82, 2.24) is 24.8 Å². The smallest absolute Gasteiger partial charge is 0.251 e. The van der Waals surface area contributed by atoms with Crippen LogP contribution in [0.4, 0.5) is 11.1 Å². The standard InChI is InChI=1S/C20H29N7O4S/c1-12(28)18(30)26-4-2-13(3-5-26)14(29)10-16-23-17(15-11-22-19(21)32-15)25-20(24-16)27-6-8-31-9-7-27/h11-14,28-29H,2-10H2,1H3,(H2,21,22)/t12-,14?/m1/s1. The average molecular weight is 464 g/mol. The Hall–Kier alpha value is -2.41. The summed E-state index contributed by atoms with van der Waals surface area (Å²) in [6, 6.07) is 0. The van der Waals surface area contributed by atoms with Gasteiger partial charge in [-0.25, -0.2) is 9.97 Å². The number of anilines is 2. The minimum Gasteiger partial charge on any atom is -0.392 e. The first-order chi connectivity index (χ1) is 15.4. The van der Waals surface area contributed by atoms with Crippen molar-refractivity contribution in [2.24, 2.45) is 5.92 Å². The number of thiazole rings is 1. The maximum atomic E-state index is 12.0. The molecule has 1 unspecified atom stereocenters. The van der Waals surface area contributed by atoms with E-state index in [0.29, 0.717) is 75.0 Å². The Morgan fingerprint density at radius 3 is 2.56 bits per heavy atom. The Bertz CT molecular complexity index is 926. The molecule has 0 bridgehead atoms. The number of likely N-dealkylation sites (tertiary alicyclic amines) is 1. The summed E-state index contributed by atoms with van der Waals surface area (Å²) in [5, 5.41) is 20.9. The number of hydrogen-bond donors (Lipinski definition) is 3. The molecule has 0 aliphatic carbocycles. The van der Waals surface area contributed by atoms with E-state index in [-0.39, 0.29) is 18.2 Å². The molecule has 2 aliphatic heterocycles. The van der Waals surface area contributed by atoms with E-state index in [4.69, 9.17) is 10.5 Å². The minimum atomic E-state index is -1.00. The first kappa shape index (κ1) is 22.8. The maximum absolute atomic E-state index is 12.0. The Morgan fingerprint density at radius 1 is 1.22 bits per heavy atom. The molecule has 12 heteroatoms. The second kappa shape index (κ2) is 10.0. The summed E-state index contributed by atoms with van der Waals surface area (Å²) in [6.07, 6.45) is 1.62. The van der Waals surface area contributed by atoms with Crippen LogP contribution in [0.3, 0.4) is 0 Å². The molecule has 4 rings (SSSR count). The lowest BCUT2D eigenvalue weighted by Gasteiger charge is -2.34. The van der Waals surface area contributed by atoms with E-state index >= 15 is 0 Å². The lowest BCUT2D eigenvalue weighted by Crippen LogP contribution is -2.45. The number of rotatable bonds is 6. The number of nitrogens with two attached hydrogens (primary N) is 1. The van der Waals surface area contributed by atoms with Crippen molar-refractivity contribution in [3.05, 3.63) is 12.0 Å². The molecule has 2 atom stereocenters. The molecular formula is C20H29N7O4S. The molecule has 0 aromatic carbocycles. The van der Waals surface area contributed by atoms with Gasteiger partial charge in [0.1, 0.15) is 11.9 Å². The number of amides is 1. The number of aliphatic hydroxyl groups excluding tert-OH is 2. The molecule has 2 aromatic rings. The molecule has 2 fully saturated rings. The van der Waals surface area contributed by atoms with Crippen LogP contribution >= 0.6 is 11.3 Å². The third kappa shape index (κ3) is 5.31. The minimum absolute atomic E-state index is 0.0270. The average Bonchev–Trinajstić information content (AvgIpc) is 3.25. The van der Waals surface area contributed by atoms with Crippen LogP contribution in [0.25, 0.3) is 10.7 Å². The molecule has 2 aromatic heterocycles. The summed E-state index contributed by atoms with van der Waals surface area (Å²) in [5.41, 5.74) is 5.79. The number of aliphatic hydroxyl groups is 2. The van der Waals surface area contributed by atoms with Gasteiger partial charge in [-0.2, -0.15) is 9.97 Å². The molecule has 2 aliphatic rings. The van der Waals surface area contributed by atoms with Gasteiger partial charge in [0.15, 0.2) is 11.0 Å². The van der Waals surface area contributed by atoms with Crippen molar-refractivity contribution >= 4 is 28.3 Å². The fourth-order valence-electron chi connectivity index (χ4n) is 4.03. The Morgan fingerprint density at radius 2 is 1.94 bits per heavy atom. The third-order valence-corrected chi connectivity index (χ3v) is 6.67. The van der Waals surface area contributed by atoms with Crippen molar-refractivity contribution in [2.75, 3.05) is 50.0 Å². The molecule has 2 saturated heterocycles. The Kier molecular flexibility index (Phi) is 7.13. The summed E-state index contributed by atoms with van der Waals surface area (Å²) < 4.78 is 5.43. The zero-order valence-corrected chi connectivity index (χ0v) is 18.9. The summed E-state index contributed by atoms with van der Waals surface area (Å²) in [4.78, 5) is 34.4. The van der Waals surface area contributed by atoms with Gasteiger partial charge in [-0.15, -0.1) is 0 Å². The highest BCUT2D eigenvalue weighted by Crippen LogP contribution is 2.27. The zero-order valence-electron chi connectivity index (χ0n) is 18.1. The number of carbonyl (C=O) groups excluding carboxylic acids is 1. The fraction of sp³-hybridized carbons (Fsp3) is 0.650. The van der Waals surface area contributed by atoms with Crippen LogP contribution in [-0.2, 0) is 16.0 Å². The van der Waals surface area contributed by atoms with Gasteiger partial charge < -0.3 is 30.5 Å². The van der Waals surface area contributed by atoms with Crippen LogP contribution in [0.5, 0.6) is 0 Å². The van der Waals surface area contributed by atoms with E-state index in [0.717, 1.165) is 4.88 Å². The largest absolute Gasteiger partial charge is 0.392 e. The van der Waals surface area contributed by atoms with Gasteiger partial charge in [-0.1, -0.05) is 11.3 Å².